The summed E-state index contributed by atoms with van der Waals surface area (Å²) < 4.78 is 31.7. The molecule has 0 aliphatic carbocycles. The average molecular weight is 302 g/mol. The lowest BCUT2D eigenvalue weighted by Crippen LogP contribution is -2.15. The van der Waals surface area contributed by atoms with Gasteiger partial charge in [0.15, 0.2) is 11.5 Å². The molecule has 0 bridgehead atoms. The second kappa shape index (κ2) is 5.55. The number of benzene rings is 2. The van der Waals surface area contributed by atoms with E-state index in [0.29, 0.717) is 22.6 Å². The first-order chi connectivity index (χ1) is 10.5. The largest absolute Gasteiger partial charge is 0.441 e. The molecular formula is C16H12F2N2O2. The van der Waals surface area contributed by atoms with Gasteiger partial charge in [-0.05, 0) is 29.8 Å². The van der Waals surface area contributed by atoms with E-state index in [4.69, 9.17) is 4.42 Å². The first-order valence-electron chi connectivity index (χ1n) is 6.62. The molecule has 0 radical (unpaired) electrons. The van der Waals surface area contributed by atoms with Crippen LogP contribution in [-0.4, -0.2) is 10.9 Å². The van der Waals surface area contributed by atoms with Crippen LogP contribution in [0.4, 0.5) is 14.5 Å². The van der Waals surface area contributed by atoms with Crippen molar-refractivity contribution in [2.24, 2.45) is 0 Å². The molecule has 1 aromatic heterocycles. The maximum atomic E-state index is 13.5. The third-order valence-corrected chi connectivity index (χ3v) is 3.13. The number of nitrogens with one attached hydrogen (secondary N) is 1. The van der Waals surface area contributed by atoms with E-state index in [9.17, 15) is 13.6 Å². The molecule has 22 heavy (non-hydrogen) atoms. The molecule has 1 N–H and O–H groups in total. The minimum Gasteiger partial charge on any atom is -0.441 e. The van der Waals surface area contributed by atoms with Crippen molar-refractivity contribution in [3.05, 3.63) is 59.5 Å². The number of hydrogen-bond donors (Lipinski definition) is 1. The van der Waals surface area contributed by atoms with Crippen molar-refractivity contribution >= 4 is 22.7 Å². The summed E-state index contributed by atoms with van der Waals surface area (Å²) in [5.41, 5.74) is 1.97. The first-order valence-corrected chi connectivity index (χ1v) is 6.62. The van der Waals surface area contributed by atoms with Gasteiger partial charge in [0.05, 0.1) is 12.1 Å². The van der Waals surface area contributed by atoms with Crippen LogP contribution < -0.4 is 5.32 Å². The van der Waals surface area contributed by atoms with Gasteiger partial charge in [-0.15, -0.1) is 0 Å². The zero-order chi connectivity index (χ0) is 15.7. The van der Waals surface area contributed by atoms with Crippen LogP contribution in [0.5, 0.6) is 0 Å². The highest BCUT2D eigenvalue weighted by molar-refractivity contribution is 5.92. The molecule has 1 amide bonds. The van der Waals surface area contributed by atoms with E-state index in [1.807, 2.05) is 0 Å². The van der Waals surface area contributed by atoms with Gasteiger partial charge in [0.2, 0.25) is 5.91 Å². The van der Waals surface area contributed by atoms with Crippen LogP contribution >= 0.6 is 0 Å². The van der Waals surface area contributed by atoms with Crippen LogP contribution in [0, 0.1) is 18.6 Å². The second-order valence-corrected chi connectivity index (χ2v) is 4.88. The lowest BCUT2D eigenvalue weighted by atomic mass is 10.1. The highest BCUT2D eigenvalue weighted by atomic mass is 19.1. The summed E-state index contributed by atoms with van der Waals surface area (Å²) in [4.78, 5) is 16.1. The van der Waals surface area contributed by atoms with Crippen molar-refractivity contribution in [1.29, 1.82) is 0 Å². The number of fused-ring (bicyclic) bond motifs is 1. The molecule has 4 nitrogen and oxygen atoms in total. The summed E-state index contributed by atoms with van der Waals surface area (Å²) in [6.07, 6.45) is 0.0481. The zero-order valence-electron chi connectivity index (χ0n) is 11.7. The van der Waals surface area contributed by atoms with E-state index in [2.05, 4.69) is 10.3 Å². The molecule has 2 aromatic carbocycles. The monoisotopic (exact) mass is 302 g/mol. The number of hydrogen-bond acceptors (Lipinski definition) is 3. The van der Waals surface area contributed by atoms with Crippen LogP contribution in [0.25, 0.3) is 11.1 Å². The molecule has 0 unspecified atom stereocenters. The molecule has 0 aliphatic rings. The van der Waals surface area contributed by atoms with Gasteiger partial charge < -0.3 is 9.73 Å². The molecule has 0 saturated carbocycles. The number of oxazole rings is 1. The predicted molar refractivity (Wildman–Crippen MR) is 77.4 cm³/mol. The van der Waals surface area contributed by atoms with Gasteiger partial charge in [-0.1, -0.05) is 6.07 Å². The fourth-order valence-electron chi connectivity index (χ4n) is 2.16. The SMILES string of the molecule is Cc1nc2ccc(CC(=O)Nc3ccc(F)cc3F)cc2o1. The zero-order valence-corrected chi connectivity index (χ0v) is 11.7. The van der Waals surface area contributed by atoms with E-state index in [1.165, 1.54) is 6.07 Å². The number of rotatable bonds is 3. The Balaban J connectivity index is 1.74. The van der Waals surface area contributed by atoms with Gasteiger partial charge in [0.25, 0.3) is 0 Å². The summed E-state index contributed by atoms with van der Waals surface area (Å²) in [5.74, 6) is -1.36. The number of carbonyl (C=O) groups excluding carboxylic acids is 1. The normalized spacial score (nSPS) is 10.9. The molecule has 112 valence electrons. The van der Waals surface area contributed by atoms with Crippen molar-refractivity contribution in [3.8, 4) is 0 Å². The molecule has 0 fully saturated rings. The maximum Gasteiger partial charge on any atom is 0.228 e. The Morgan fingerprint density at radius 1 is 1.23 bits per heavy atom. The summed E-state index contributed by atoms with van der Waals surface area (Å²) in [6, 6.07) is 8.22. The number of amides is 1. The van der Waals surface area contributed by atoms with Crippen molar-refractivity contribution in [2.45, 2.75) is 13.3 Å². The van der Waals surface area contributed by atoms with Crippen LogP contribution in [0.15, 0.2) is 40.8 Å². The number of aryl methyl sites for hydroxylation is 1. The van der Waals surface area contributed by atoms with Crippen molar-refractivity contribution < 1.29 is 18.0 Å². The molecule has 3 aromatic rings. The van der Waals surface area contributed by atoms with Crippen LogP contribution in [-0.2, 0) is 11.2 Å². The van der Waals surface area contributed by atoms with E-state index in [1.54, 1.807) is 25.1 Å². The van der Waals surface area contributed by atoms with Crippen LogP contribution in [0.3, 0.4) is 0 Å². The molecule has 0 spiro atoms. The third kappa shape index (κ3) is 2.95. The minimum absolute atomic E-state index is 0.0481. The van der Waals surface area contributed by atoms with Gasteiger partial charge in [-0.3, -0.25) is 4.79 Å². The molecule has 6 heteroatoms. The van der Waals surface area contributed by atoms with Gasteiger partial charge in [-0.2, -0.15) is 0 Å². The Morgan fingerprint density at radius 3 is 2.82 bits per heavy atom. The van der Waals surface area contributed by atoms with Crippen molar-refractivity contribution in [1.82, 2.24) is 4.98 Å². The topological polar surface area (TPSA) is 55.1 Å². The molecular weight excluding hydrogens is 290 g/mol. The Hall–Kier alpha value is -2.76. The van der Waals surface area contributed by atoms with Crippen LogP contribution in [0.1, 0.15) is 11.5 Å². The third-order valence-electron chi connectivity index (χ3n) is 3.13. The smallest absolute Gasteiger partial charge is 0.228 e. The van der Waals surface area contributed by atoms with Crippen LogP contribution in [0.2, 0.25) is 0 Å². The number of aromatic nitrogens is 1. The Labute approximate surface area is 124 Å². The van der Waals surface area contributed by atoms with Crippen molar-refractivity contribution in [3.63, 3.8) is 0 Å². The standard InChI is InChI=1S/C16H12F2N2O2/c1-9-19-14-4-2-10(6-15(14)22-9)7-16(21)20-13-5-3-11(17)8-12(13)18/h2-6,8H,7H2,1H3,(H,20,21). The van der Waals surface area contributed by atoms with E-state index >= 15 is 0 Å². The maximum absolute atomic E-state index is 13.5. The minimum atomic E-state index is -0.810. The first kappa shape index (κ1) is 14.2. The predicted octanol–water partition coefficient (Wildman–Crippen LogP) is 3.60. The number of halogens is 2. The summed E-state index contributed by atoms with van der Waals surface area (Å²) in [5, 5.41) is 2.41. The lowest BCUT2D eigenvalue weighted by Gasteiger charge is -2.06. The van der Waals surface area contributed by atoms with Gasteiger partial charge in [0.1, 0.15) is 17.2 Å². The van der Waals surface area contributed by atoms with Gasteiger partial charge >= 0.3 is 0 Å². The van der Waals surface area contributed by atoms with E-state index < -0.39 is 17.5 Å². The number of nitrogens with zero attached hydrogens (tertiary/aromatic N) is 1. The molecule has 3 rings (SSSR count). The summed E-state index contributed by atoms with van der Waals surface area (Å²) in [6.45, 7) is 1.74. The van der Waals surface area contributed by atoms with Crippen molar-refractivity contribution in [2.75, 3.05) is 5.32 Å². The average Bonchev–Trinajstić information content (AvgIpc) is 2.81. The Kier molecular flexibility index (Phi) is 3.58. The second-order valence-electron chi connectivity index (χ2n) is 4.88. The Morgan fingerprint density at radius 2 is 2.05 bits per heavy atom. The highest BCUT2D eigenvalue weighted by Crippen LogP contribution is 2.18. The molecule has 0 atom stereocenters. The molecule has 0 saturated heterocycles. The summed E-state index contributed by atoms with van der Waals surface area (Å²) in [7, 11) is 0. The fraction of sp³-hybridized carbons (Fsp3) is 0.125. The Bertz CT molecular complexity index is 858. The van der Waals surface area contributed by atoms with Gasteiger partial charge in [0, 0.05) is 13.0 Å². The highest BCUT2D eigenvalue weighted by Gasteiger charge is 2.10. The van der Waals surface area contributed by atoms with E-state index in [-0.39, 0.29) is 12.1 Å². The molecule has 0 aliphatic heterocycles. The lowest BCUT2D eigenvalue weighted by molar-refractivity contribution is -0.115. The molecule has 1 heterocycles. The fourth-order valence-corrected chi connectivity index (χ4v) is 2.16. The number of anilines is 1. The quantitative estimate of drug-likeness (QED) is 0.804. The number of carbonyl (C=O) groups is 1. The van der Waals surface area contributed by atoms with Gasteiger partial charge in [-0.25, -0.2) is 13.8 Å². The van der Waals surface area contributed by atoms with E-state index in [0.717, 1.165) is 12.1 Å². The summed E-state index contributed by atoms with van der Waals surface area (Å²) >= 11 is 0.